The van der Waals surface area contributed by atoms with Gasteiger partial charge in [0.25, 0.3) is 12.4 Å². The third kappa shape index (κ3) is 6.62. The van der Waals surface area contributed by atoms with Gasteiger partial charge in [0.2, 0.25) is 0 Å². The Morgan fingerprint density at radius 1 is 1.37 bits per heavy atom. The number of carbonyl (C=O) groups excluding carboxylic acids is 1. The van der Waals surface area contributed by atoms with Crippen LogP contribution in [0.4, 0.5) is 0 Å². The molecule has 1 aromatic heterocycles. The second-order valence-electron chi connectivity index (χ2n) is 7.41. The summed E-state index contributed by atoms with van der Waals surface area (Å²) in [7, 11) is 0. The second-order valence-corrected chi connectivity index (χ2v) is 7.41. The molecule has 1 atom stereocenters. The van der Waals surface area contributed by atoms with Gasteiger partial charge < -0.3 is 19.6 Å². The van der Waals surface area contributed by atoms with Crippen molar-refractivity contribution < 1.29 is 19.4 Å². The molecule has 0 aliphatic carbocycles. The number of carbonyl (C=O) groups is 2. The van der Waals surface area contributed by atoms with Crippen LogP contribution < -0.4 is 0 Å². The third-order valence-electron chi connectivity index (χ3n) is 5.13. The minimum atomic E-state index is -0.250. The van der Waals surface area contributed by atoms with E-state index in [1.165, 1.54) is 12.8 Å². The SMILES string of the molecule is CC(C)n1cc(C(=O)N2CCCN(CCC3CCOC3)CC2)cn1.O=CO. The van der Waals surface area contributed by atoms with Crippen molar-refractivity contribution >= 4 is 12.4 Å². The average Bonchev–Trinajstić information content (AvgIpc) is 3.29. The molecule has 1 unspecified atom stereocenters. The highest BCUT2D eigenvalue weighted by molar-refractivity contribution is 5.93. The molecule has 3 rings (SSSR count). The van der Waals surface area contributed by atoms with E-state index in [4.69, 9.17) is 14.6 Å². The van der Waals surface area contributed by atoms with E-state index in [0.717, 1.165) is 58.3 Å². The minimum absolute atomic E-state index is 0.118. The molecule has 2 aliphatic rings. The van der Waals surface area contributed by atoms with Gasteiger partial charge in [0.15, 0.2) is 0 Å². The zero-order valence-corrected chi connectivity index (χ0v) is 16.4. The summed E-state index contributed by atoms with van der Waals surface area (Å²) in [6.07, 6.45) is 7.04. The Labute approximate surface area is 161 Å². The zero-order chi connectivity index (χ0) is 19.6. The van der Waals surface area contributed by atoms with Crippen LogP contribution in [0.5, 0.6) is 0 Å². The van der Waals surface area contributed by atoms with Crippen LogP contribution in [0, 0.1) is 5.92 Å². The van der Waals surface area contributed by atoms with Gasteiger partial charge in [0, 0.05) is 45.1 Å². The maximum atomic E-state index is 12.7. The van der Waals surface area contributed by atoms with Gasteiger partial charge in [-0.05, 0) is 52.1 Å². The summed E-state index contributed by atoms with van der Waals surface area (Å²) in [6, 6.07) is 0.283. The molecule has 3 heterocycles. The zero-order valence-electron chi connectivity index (χ0n) is 16.4. The number of aromatic nitrogens is 2. The van der Waals surface area contributed by atoms with Gasteiger partial charge in [0.05, 0.1) is 11.8 Å². The average molecular weight is 380 g/mol. The summed E-state index contributed by atoms with van der Waals surface area (Å²) >= 11 is 0. The first-order valence-electron chi connectivity index (χ1n) is 9.76. The first-order chi connectivity index (χ1) is 13.0. The van der Waals surface area contributed by atoms with Crippen LogP contribution in [-0.4, -0.2) is 83.0 Å². The van der Waals surface area contributed by atoms with E-state index < -0.39 is 0 Å². The summed E-state index contributed by atoms with van der Waals surface area (Å²) in [5, 5.41) is 11.2. The van der Waals surface area contributed by atoms with E-state index in [-0.39, 0.29) is 18.4 Å². The molecule has 8 nitrogen and oxygen atoms in total. The Balaban J connectivity index is 0.000000817. The molecule has 2 aliphatic heterocycles. The predicted octanol–water partition coefficient (Wildman–Crippen LogP) is 1.74. The molecule has 1 aromatic rings. The van der Waals surface area contributed by atoms with Crippen molar-refractivity contribution in [1.82, 2.24) is 19.6 Å². The summed E-state index contributed by atoms with van der Waals surface area (Å²) in [6.45, 7) is 10.6. The molecule has 27 heavy (non-hydrogen) atoms. The highest BCUT2D eigenvalue weighted by Crippen LogP contribution is 2.17. The molecule has 0 radical (unpaired) electrons. The lowest BCUT2D eigenvalue weighted by Gasteiger charge is -2.22. The van der Waals surface area contributed by atoms with Gasteiger partial charge in [-0.3, -0.25) is 14.3 Å². The Hall–Kier alpha value is -1.93. The van der Waals surface area contributed by atoms with Crippen LogP contribution in [0.2, 0.25) is 0 Å². The molecule has 2 fully saturated rings. The number of nitrogens with zero attached hydrogens (tertiary/aromatic N) is 4. The van der Waals surface area contributed by atoms with Gasteiger partial charge in [0.1, 0.15) is 0 Å². The topological polar surface area (TPSA) is 87.9 Å². The van der Waals surface area contributed by atoms with Crippen molar-refractivity contribution in [2.24, 2.45) is 5.92 Å². The van der Waals surface area contributed by atoms with Crippen molar-refractivity contribution in [2.45, 2.75) is 39.2 Å². The van der Waals surface area contributed by atoms with E-state index in [1.807, 2.05) is 15.8 Å². The van der Waals surface area contributed by atoms with E-state index >= 15 is 0 Å². The number of carboxylic acid groups (broad SMARTS) is 1. The normalized spacial score (nSPS) is 20.9. The maximum absolute atomic E-state index is 12.7. The van der Waals surface area contributed by atoms with Crippen LogP contribution >= 0.6 is 0 Å². The molecule has 1 amide bonds. The van der Waals surface area contributed by atoms with Crippen molar-refractivity contribution in [2.75, 3.05) is 45.9 Å². The molecule has 2 saturated heterocycles. The van der Waals surface area contributed by atoms with E-state index in [0.29, 0.717) is 5.56 Å². The van der Waals surface area contributed by atoms with Crippen LogP contribution in [0.1, 0.15) is 49.5 Å². The first kappa shape index (κ1) is 21.4. The van der Waals surface area contributed by atoms with Crippen LogP contribution in [-0.2, 0) is 9.53 Å². The lowest BCUT2D eigenvalue weighted by molar-refractivity contribution is -0.122. The number of hydrogen-bond donors (Lipinski definition) is 1. The molecule has 0 aromatic carbocycles. The fraction of sp³-hybridized carbons (Fsp3) is 0.737. The molecule has 0 bridgehead atoms. The molecular weight excluding hydrogens is 348 g/mol. The van der Waals surface area contributed by atoms with Crippen LogP contribution in [0.3, 0.4) is 0 Å². The smallest absolute Gasteiger partial charge is 0.290 e. The Kier molecular flexibility index (Phi) is 8.74. The minimum Gasteiger partial charge on any atom is -0.483 e. The quantitative estimate of drug-likeness (QED) is 0.783. The largest absolute Gasteiger partial charge is 0.483 e. The molecular formula is C19H32N4O4. The van der Waals surface area contributed by atoms with E-state index in [2.05, 4.69) is 23.8 Å². The van der Waals surface area contributed by atoms with Crippen molar-refractivity contribution in [1.29, 1.82) is 0 Å². The fourth-order valence-corrected chi connectivity index (χ4v) is 3.49. The molecule has 0 saturated carbocycles. The van der Waals surface area contributed by atoms with E-state index in [1.54, 1.807) is 6.20 Å². The summed E-state index contributed by atoms with van der Waals surface area (Å²) in [5.74, 6) is 0.848. The second kappa shape index (κ2) is 11.0. The lowest BCUT2D eigenvalue weighted by Crippen LogP contribution is -2.35. The summed E-state index contributed by atoms with van der Waals surface area (Å²) < 4.78 is 7.31. The lowest BCUT2D eigenvalue weighted by atomic mass is 10.1. The Bertz CT molecular complexity index is 584. The fourth-order valence-electron chi connectivity index (χ4n) is 3.49. The highest BCUT2D eigenvalue weighted by atomic mass is 16.5. The molecule has 152 valence electrons. The van der Waals surface area contributed by atoms with Crippen molar-refractivity contribution in [3.8, 4) is 0 Å². The van der Waals surface area contributed by atoms with Crippen LogP contribution in [0.25, 0.3) is 0 Å². The number of rotatable bonds is 5. The van der Waals surface area contributed by atoms with Gasteiger partial charge >= 0.3 is 0 Å². The summed E-state index contributed by atoms with van der Waals surface area (Å²) in [4.78, 5) is 25.6. The standard InChI is InChI=1S/C18H30N4O2.CH2O2/c1-15(2)22-13-17(12-19-22)18(23)21-7-3-6-20(9-10-21)8-4-16-5-11-24-14-16;2-1-3/h12-13,15-16H,3-11,14H2,1-2H3;1H,(H,2,3). The number of hydrogen-bond acceptors (Lipinski definition) is 5. The molecule has 8 heteroatoms. The van der Waals surface area contributed by atoms with Gasteiger partial charge in [-0.25, -0.2) is 0 Å². The maximum Gasteiger partial charge on any atom is 0.290 e. The number of amides is 1. The van der Waals surface area contributed by atoms with Crippen molar-refractivity contribution in [3.63, 3.8) is 0 Å². The van der Waals surface area contributed by atoms with Crippen molar-refractivity contribution in [3.05, 3.63) is 18.0 Å². The van der Waals surface area contributed by atoms with Gasteiger partial charge in [-0.2, -0.15) is 5.10 Å². The molecule has 0 spiro atoms. The Morgan fingerprint density at radius 3 is 2.78 bits per heavy atom. The van der Waals surface area contributed by atoms with Gasteiger partial charge in [-0.1, -0.05) is 0 Å². The first-order valence-corrected chi connectivity index (χ1v) is 9.76. The third-order valence-corrected chi connectivity index (χ3v) is 5.13. The monoisotopic (exact) mass is 380 g/mol. The predicted molar refractivity (Wildman–Crippen MR) is 102 cm³/mol. The Morgan fingerprint density at radius 2 is 2.15 bits per heavy atom. The van der Waals surface area contributed by atoms with E-state index in [9.17, 15) is 4.79 Å². The highest BCUT2D eigenvalue weighted by Gasteiger charge is 2.23. The van der Waals surface area contributed by atoms with Crippen LogP contribution in [0.15, 0.2) is 12.4 Å². The van der Waals surface area contributed by atoms with Gasteiger partial charge in [-0.15, -0.1) is 0 Å². The molecule has 1 N–H and O–H groups in total. The number of ether oxygens (including phenoxy) is 1. The summed E-state index contributed by atoms with van der Waals surface area (Å²) in [5.41, 5.74) is 0.709.